The highest BCUT2D eigenvalue weighted by molar-refractivity contribution is 7.10. The van der Waals surface area contributed by atoms with Gasteiger partial charge in [0.15, 0.2) is 0 Å². The number of hydrogen-bond acceptors (Lipinski definition) is 3. The SMILES string of the molecule is Cc1ccsc1C(C)(C)CNCCC#N. The van der Waals surface area contributed by atoms with Crippen LogP contribution in [0.1, 0.15) is 30.7 Å². The molecule has 0 amide bonds. The number of nitrogens with one attached hydrogen (secondary N) is 1. The third-order valence-corrected chi connectivity index (χ3v) is 3.84. The Balaban J connectivity index is 2.53. The van der Waals surface area contributed by atoms with Gasteiger partial charge in [0.05, 0.1) is 6.07 Å². The van der Waals surface area contributed by atoms with E-state index in [-0.39, 0.29) is 5.41 Å². The lowest BCUT2D eigenvalue weighted by Crippen LogP contribution is -2.33. The molecule has 0 unspecified atom stereocenters. The Morgan fingerprint density at radius 2 is 2.27 bits per heavy atom. The zero-order valence-corrected chi connectivity index (χ0v) is 10.4. The highest BCUT2D eigenvalue weighted by atomic mass is 32.1. The van der Waals surface area contributed by atoms with Gasteiger partial charge in [0.25, 0.3) is 0 Å². The van der Waals surface area contributed by atoms with Gasteiger partial charge in [-0.2, -0.15) is 5.26 Å². The zero-order valence-electron chi connectivity index (χ0n) is 9.63. The standard InChI is InChI=1S/C12H18N2S/c1-10-5-8-15-11(10)12(2,3)9-14-7-4-6-13/h5,8,14H,4,7,9H2,1-3H3. The normalized spacial score (nSPS) is 11.3. The summed E-state index contributed by atoms with van der Waals surface area (Å²) < 4.78 is 0. The summed E-state index contributed by atoms with van der Waals surface area (Å²) in [4.78, 5) is 1.44. The Labute approximate surface area is 95.9 Å². The highest BCUT2D eigenvalue weighted by Crippen LogP contribution is 2.30. The van der Waals surface area contributed by atoms with E-state index in [1.54, 1.807) is 0 Å². The van der Waals surface area contributed by atoms with Crippen LogP contribution in [0.25, 0.3) is 0 Å². The van der Waals surface area contributed by atoms with Gasteiger partial charge >= 0.3 is 0 Å². The van der Waals surface area contributed by atoms with Crippen LogP contribution in [-0.2, 0) is 5.41 Å². The first-order valence-electron chi connectivity index (χ1n) is 5.20. The van der Waals surface area contributed by atoms with Crippen LogP contribution in [0.3, 0.4) is 0 Å². The van der Waals surface area contributed by atoms with Gasteiger partial charge < -0.3 is 5.32 Å². The fourth-order valence-electron chi connectivity index (χ4n) is 1.69. The summed E-state index contributed by atoms with van der Waals surface area (Å²) in [5.74, 6) is 0. The topological polar surface area (TPSA) is 35.8 Å². The van der Waals surface area contributed by atoms with Crippen LogP contribution in [0, 0.1) is 18.3 Å². The number of nitriles is 1. The number of nitrogens with zero attached hydrogens (tertiary/aromatic N) is 1. The summed E-state index contributed by atoms with van der Waals surface area (Å²) in [5, 5.41) is 13.9. The molecule has 3 heteroatoms. The average Bonchev–Trinajstić information content (AvgIpc) is 2.60. The largest absolute Gasteiger partial charge is 0.315 e. The van der Waals surface area contributed by atoms with E-state index in [4.69, 9.17) is 5.26 Å². The van der Waals surface area contributed by atoms with Crippen molar-refractivity contribution in [3.63, 3.8) is 0 Å². The minimum atomic E-state index is 0.160. The fourth-order valence-corrected chi connectivity index (χ4v) is 2.74. The molecule has 1 aromatic rings. The smallest absolute Gasteiger partial charge is 0.0635 e. The number of hydrogen-bond donors (Lipinski definition) is 1. The second-order valence-corrected chi connectivity index (χ2v) is 5.32. The minimum Gasteiger partial charge on any atom is -0.315 e. The van der Waals surface area contributed by atoms with Crippen LogP contribution in [0.2, 0.25) is 0 Å². The Kier molecular flexibility index (Phi) is 4.31. The van der Waals surface area contributed by atoms with Crippen molar-refractivity contribution in [2.45, 2.75) is 32.6 Å². The summed E-state index contributed by atoms with van der Waals surface area (Å²) in [7, 11) is 0. The van der Waals surface area contributed by atoms with E-state index < -0.39 is 0 Å². The third kappa shape index (κ3) is 3.33. The molecular weight excluding hydrogens is 204 g/mol. The second-order valence-electron chi connectivity index (χ2n) is 4.40. The molecule has 1 N–H and O–H groups in total. The second kappa shape index (κ2) is 5.29. The van der Waals surface area contributed by atoms with E-state index in [9.17, 15) is 0 Å². The Bertz CT molecular complexity index is 347. The fraction of sp³-hybridized carbons (Fsp3) is 0.583. The van der Waals surface area contributed by atoms with Gasteiger partial charge in [-0.15, -0.1) is 11.3 Å². The van der Waals surface area contributed by atoms with Crippen LogP contribution in [-0.4, -0.2) is 13.1 Å². The van der Waals surface area contributed by atoms with Crippen molar-refractivity contribution in [2.75, 3.05) is 13.1 Å². The van der Waals surface area contributed by atoms with E-state index >= 15 is 0 Å². The van der Waals surface area contributed by atoms with Crippen molar-refractivity contribution < 1.29 is 0 Å². The zero-order chi connectivity index (χ0) is 11.3. The van der Waals surface area contributed by atoms with Crippen molar-refractivity contribution >= 4 is 11.3 Å². The summed E-state index contributed by atoms with van der Waals surface area (Å²) in [6.07, 6.45) is 0.583. The van der Waals surface area contributed by atoms with E-state index in [2.05, 4.69) is 43.6 Å². The lowest BCUT2D eigenvalue weighted by atomic mass is 9.89. The Morgan fingerprint density at radius 3 is 2.80 bits per heavy atom. The first kappa shape index (κ1) is 12.2. The molecule has 0 aliphatic carbocycles. The maximum absolute atomic E-state index is 8.44. The van der Waals surface area contributed by atoms with Gasteiger partial charge in [0.1, 0.15) is 0 Å². The molecule has 0 aliphatic heterocycles. The van der Waals surface area contributed by atoms with Crippen LogP contribution in [0.5, 0.6) is 0 Å². The van der Waals surface area contributed by atoms with Crippen molar-refractivity contribution in [3.05, 3.63) is 21.9 Å². The third-order valence-electron chi connectivity index (χ3n) is 2.46. The van der Waals surface area contributed by atoms with Gasteiger partial charge in [-0.05, 0) is 23.9 Å². The molecule has 2 nitrogen and oxygen atoms in total. The first-order chi connectivity index (χ1) is 7.08. The van der Waals surface area contributed by atoms with Gasteiger partial charge in [-0.1, -0.05) is 13.8 Å². The monoisotopic (exact) mass is 222 g/mol. The van der Waals surface area contributed by atoms with Gasteiger partial charge in [-0.25, -0.2) is 0 Å². The molecule has 0 aromatic carbocycles. The van der Waals surface area contributed by atoms with Crippen LogP contribution < -0.4 is 5.32 Å². The van der Waals surface area contributed by atoms with Crippen molar-refractivity contribution in [2.24, 2.45) is 0 Å². The highest BCUT2D eigenvalue weighted by Gasteiger charge is 2.22. The predicted molar refractivity (Wildman–Crippen MR) is 65.2 cm³/mol. The van der Waals surface area contributed by atoms with Gasteiger partial charge in [-0.3, -0.25) is 0 Å². The average molecular weight is 222 g/mol. The number of thiophene rings is 1. The van der Waals surface area contributed by atoms with Gasteiger partial charge in [0.2, 0.25) is 0 Å². The molecule has 15 heavy (non-hydrogen) atoms. The van der Waals surface area contributed by atoms with Crippen molar-refractivity contribution in [3.8, 4) is 6.07 Å². The molecule has 1 heterocycles. The van der Waals surface area contributed by atoms with Gasteiger partial charge in [0, 0.05) is 29.8 Å². The lowest BCUT2D eigenvalue weighted by Gasteiger charge is -2.24. The molecule has 0 bridgehead atoms. The summed E-state index contributed by atoms with van der Waals surface area (Å²) in [6.45, 7) is 8.35. The summed E-state index contributed by atoms with van der Waals surface area (Å²) >= 11 is 1.82. The van der Waals surface area contributed by atoms with E-state index in [1.807, 2.05) is 11.3 Å². The molecular formula is C12H18N2S. The first-order valence-corrected chi connectivity index (χ1v) is 6.08. The van der Waals surface area contributed by atoms with E-state index in [1.165, 1.54) is 10.4 Å². The molecule has 82 valence electrons. The predicted octanol–water partition coefficient (Wildman–Crippen LogP) is 2.84. The van der Waals surface area contributed by atoms with E-state index in [0.717, 1.165) is 13.1 Å². The molecule has 0 atom stereocenters. The maximum Gasteiger partial charge on any atom is 0.0635 e. The quantitative estimate of drug-likeness (QED) is 0.778. The Morgan fingerprint density at radius 1 is 1.53 bits per heavy atom. The maximum atomic E-state index is 8.44. The van der Waals surface area contributed by atoms with Crippen molar-refractivity contribution in [1.82, 2.24) is 5.32 Å². The van der Waals surface area contributed by atoms with Crippen LogP contribution in [0.15, 0.2) is 11.4 Å². The number of aryl methyl sites for hydroxylation is 1. The van der Waals surface area contributed by atoms with Crippen LogP contribution in [0.4, 0.5) is 0 Å². The molecule has 0 fully saturated rings. The molecule has 0 spiro atoms. The molecule has 0 saturated heterocycles. The molecule has 0 saturated carbocycles. The molecule has 1 rings (SSSR count). The minimum absolute atomic E-state index is 0.160. The number of rotatable bonds is 5. The molecule has 0 aliphatic rings. The molecule has 1 aromatic heterocycles. The lowest BCUT2D eigenvalue weighted by molar-refractivity contribution is 0.479. The molecule has 0 radical (unpaired) electrons. The Hall–Kier alpha value is -0.850. The van der Waals surface area contributed by atoms with Crippen molar-refractivity contribution in [1.29, 1.82) is 5.26 Å². The van der Waals surface area contributed by atoms with Crippen LogP contribution >= 0.6 is 11.3 Å². The van der Waals surface area contributed by atoms with E-state index in [0.29, 0.717) is 6.42 Å². The summed E-state index contributed by atoms with van der Waals surface area (Å²) in [5.41, 5.74) is 1.53. The summed E-state index contributed by atoms with van der Waals surface area (Å²) in [6, 6.07) is 4.30.